The molecular weight excluding hydrogens is 567 g/mol. The highest BCUT2D eigenvalue weighted by molar-refractivity contribution is 8.00. The van der Waals surface area contributed by atoms with Crippen molar-refractivity contribution in [2.45, 2.75) is 4.90 Å². The number of methoxy groups -OCH3 is 1. The number of carbonyl (C=O) groups is 3. The molecule has 40 heavy (non-hydrogen) atoms. The van der Waals surface area contributed by atoms with E-state index in [0.29, 0.717) is 38.2 Å². The predicted octanol–water partition coefficient (Wildman–Crippen LogP) is 7.39. The summed E-state index contributed by atoms with van der Waals surface area (Å²) in [5.74, 6) is -0.344. The van der Waals surface area contributed by atoms with Crippen LogP contribution in [0.4, 0.5) is 5.69 Å². The maximum absolute atomic E-state index is 13.4. The van der Waals surface area contributed by atoms with Crippen LogP contribution in [-0.2, 0) is 4.79 Å². The molecule has 0 saturated carbocycles. The molecule has 0 saturated heterocycles. The predicted molar refractivity (Wildman–Crippen MR) is 161 cm³/mol. The molecule has 0 atom stereocenters. The van der Waals surface area contributed by atoms with Crippen LogP contribution in [0.5, 0.6) is 5.75 Å². The lowest BCUT2D eigenvalue weighted by molar-refractivity contribution is -0.113. The van der Waals surface area contributed by atoms with Crippen LogP contribution in [0.2, 0.25) is 10.0 Å². The third-order valence-corrected chi connectivity index (χ3v) is 7.40. The highest BCUT2D eigenvalue weighted by Crippen LogP contribution is 2.26. The standard InChI is InChI=1S/C31H24Cl2N2O4S/c1-39-29-13-6-5-10-22(29)17-27(35-30(37)20-8-3-2-4-9-20)31(38)34-23-11-7-12-24(18-23)40-19-28(36)21-14-15-25(32)26(33)16-21/h2-18H,19H2,1H3,(H,34,38)(H,35,37)/b27-17-. The Morgan fingerprint density at radius 3 is 2.33 bits per heavy atom. The molecule has 0 aromatic heterocycles. The maximum Gasteiger partial charge on any atom is 0.272 e. The summed E-state index contributed by atoms with van der Waals surface area (Å²) in [4.78, 5) is 39.7. The molecule has 0 aliphatic heterocycles. The first-order valence-electron chi connectivity index (χ1n) is 12.1. The summed E-state index contributed by atoms with van der Waals surface area (Å²) in [5, 5.41) is 6.26. The summed E-state index contributed by atoms with van der Waals surface area (Å²) in [6.07, 6.45) is 1.56. The molecule has 0 aliphatic rings. The molecule has 9 heteroatoms. The molecule has 0 radical (unpaired) electrons. The summed E-state index contributed by atoms with van der Waals surface area (Å²) in [6, 6.07) is 27.6. The van der Waals surface area contributed by atoms with E-state index >= 15 is 0 Å². The third kappa shape index (κ3) is 7.76. The number of ketones is 1. The van der Waals surface area contributed by atoms with E-state index in [1.54, 1.807) is 84.9 Å². The number of carbonyl (C=O) groups excluding carboxylic acids is 3. The number of anilines is 1. The van der Waals surface area contributed by atoms with E-state index in [1.807, 2.05) is 18.2 Å². The second-order valence-electron chi connectivity index (χ2n) is 8.44. The van der Waals surface area contributed by atoms with Crippen molar-refractivity contribution in [2.75, 3.05) is 18.2 Å². The molecule has 0 spiro atoms. The molecule has 4 aromatic carbocycles. The first-order chi connectivity index (χ1) is 19.3. The fourth-order valence-electron chi connectivity index (χ4n) is 3.65. The molecule has 4 aromatic rings. The molecule has 202 valence electrons. The second kappa shape index (κ2) is 13.8. The lowest BCUT2D eigenvalue weighted by atomic mass is 10.1. The smallest absolute Gasteiger partial charge is 0.272 e. The van der Waals surface area contributed by atoms with E-state index in [2.05, 4.69) is 10.6 Å². The third-order valence-electron chi connectivity index (χ3n) is 5.67. The molecule has 2 N–H and O–H groups in total. The average molecular weight is 592 g/mol. The Balaban J connectivity index is 1.51. The van der Waals surface area contributed by atoms with Crippen molar-refractivity contribution in [3.8, 4) is 5.75 Å². The van der Waals surface area contributed by atoms with Crippen molar-refractivity contribution in [3.05, 3.63) is 129 Å². The van der Waals surface area contributed by atoms with E-state index in [1.165, 1.54) is 18.9 Å². The van der Waals surface area contributed by atoms with Gasteiger partial charge in [0.15, 0.2) is 5.78 Å². The quantitative estimate of drug-likeness (QED) is 0.114. The highest BCUT2D eigenvalue weighted by atomic mass is 35.5. The van der Waals surface area contributed by atoms with Crippen molar-refractivity contribution < 1.29 is 19.1 Å². The van der Waals surface area contributed by atoms with E-state index in [9.17, 15) is 14.4 Å². The van der Waals surface area contributed by atoms with Gasteiger partial charge in [0.1, 0.15) is 11.4 Å². The second-order valence-corrected chi connectivity index (χ2v) is 10.3. The molecule has 0 bridgehead atoms. The Morgan fingerprint density at radius 2 is 1.57 bits per heavy atom. The Hall–Kier alpha value is -4.04. The van der Waals surface area contributed by atoms with Crippen molar-refractivity contribution >= 4 is 64.3 Å². The number of thioether (sulfide) groups is 1. The number of amides is 2. The molecular formula is C31H24Cl2N2O4S. The average Bonchev–Trinajstić information content (AvgIpc) is 2.97. The van der Waals surface area contributed by atoms with Gasteiger partial charge in [-0.05, 0) is 60.7 Å². The summed E-state index contributed by atoms with van der Waals surface area (Å²) in [6.45, 7) is 0. The minimum Gasteiger partial charge on any atom is -0.496 e. The fourth-order valence-corrected chi connectivity index (χ4v) is 4.80. The molecule has 0 heterocycles. The zero-order valence-corrected chi connectivity index (χ0v) is 23.6. The number of rotatable bonds is 10. The van der Waals surface area contributed by atoms with E-state index in [4.69, 9.17) is 27.9 Å². The Morgan fingerprint density at radius 1 is 0.825 bits per heavy atom. The van der Waals surface area contributed by atoms with Crippen LogP contribution in [0.3, 0.4) is 0 Å². The SMILES string of the molecule is COc1ccccc1/C=C(\NC(=O)c1ccccc1)C(=O)Nc1cccc(SCC(=O)c2ccc(Cl)c(Cl)c2)c1. The van der Waals surface area contributed by atoms with Gasteiger partial charge in [-0.2, -0.15) is 0 Å². The molecule has 2 amide bonds. The van der Waals surface area contributed by atoms with Crippen LogP contribution in [0.1, 0.15) is 26.3 Å². The summed E-state index contributed by atoms with van der Waals surface area (Å²) in [7, 11) is 1.53. The fraction of sp³-hybridized carbons (Fsp3) is 0.0645. The molecule has 0 fully saturated rings. The number of hydrogen-bond donors (Lipinski definition) is 2. The summed E-state index contributed by atoms with van der Waals surface area (Å²) >= 11 is 13.3. The van der Waals surface area contributed by atoms with Crippen LogP contribution < -0.4 is 15.4 Å². The van der Waals surface area contributed by atoms with Gasteiger partial charge in [0.2, 0.25) is 0 Å². The van der Waals surface area contributed by atoms with Gasteiger partial charge in [-0.15, -0.1) is 11.8 Å². The van der Waals surface area contributed by atoms with Gasteiger partial charge in [-0.25, -0.2) is 0 Å². The van der Waals surface area contributed by atoms with Crippen molar-refractivity contribution in [2.24, 2.45) is 0 Å². The Labute approximate surface area is 246 Å². The van der Waals surface area contributed by atoms with E-state index in [-0.39, 0.29) is 17.2 Å². The first kappa shape index (κ1) is 29.0. The normalized spacial score (nSPS) is 11.0. The largest absolute Gasteiger partial charge is 0.496 e. The zero-order chi connectivity index (χ0) is 28.5. The number of nitrogens with one attached hydrogen (secondary N) is 2. The topological polar surface area (TPSA) is 84.5 Å². The van der Waals surface area contributed by atoms with Gasteiger partial charge in [0, 0.05) is 27.3 Å². The number of halogens is 2. The summed E-state index contributed by atoms with van der Waals surface area (Å²) < 4.78 is 5.41. The van der Waals surface area contributed by atoms with E-state index < -0.39 is 11.8 Å². The van der Waals surface area contributed by atoms with Crippen LogP contribution in [0.15, 0.2) is 108 Å². The van der Waals surface area contributed by atoms with Crippen LogP contribution in [-0.4, -0.2) is 30.5 Å². The van der Waals surface area contributed by atoms with Crippen molar-refractivity contribution in [3.63, 3.8) is 0 Å². The Bertz CT molecular complexity index is 1570. The minimum absolute atomic E-state index is 0.0335. The lowest BCUT2D eigenvalue weighted by Crippen LogP contribution is -2.30. The van der Waals surface area contributed by atoms with Crippen LogP contribution in [0.25, 0.3) is 6.08 Å². The van der Waals surface area contributed by atoms with E-state index in [0.717, 1.165) is 4.90 Å². The molecule has 6 nitrogen and oxygen atoms in total. The Kier molecular flexibility index (Phi) is 10.0. The number of hydrogen-bond acceptors (Lipinski definition) is 5. The number of ether oxygens (including phenoxy) is 1. The van der Waals surface area contributed by atoms with Gasteiger partial charge in [0.05, 0.1) is 22.9 Å². The minimum atomic E-state index is -0.524. The van der Waals surface area contributed by atoms with Crippen molar-refractivity contribution in [1.82, 2.24) is 5.32 Å². The van der Waals surface area contributed by atoms with Gasteiger partial charge >= 0.3 is 0 Å². The zero-order valence-electron chi connectivity index (χ0n) is 21.3. The molecule has 0 aliphatic carbocycles. The molecule has 4 rings (SSSR count). The monoisotopic (exact) mass is 590 g/mol. The van der Waals surface area contributed by atoms with Gasteiger partial charge < -0.3 is 15.4 Å². The van der Waals surface area contributed by atoms with Crippen LogP contribution >= 0.6 is 35.0 Å². The van der Waals surface area contributed by atoms with Gasteiger partial charge in [0.25, 0.3) is 11.8 Å². The number of benzene rings is 4. The highest BCUT2D eigenvalue weighted by Gasteiger charge is 2.16. The van der Waals surface area contributed by atoms with Crippen LogP contribution in [0, 0.1) is 0 Å². The first-order valence-corrected chi connectivity index (χ1v) is 13.8. The summed E-state index contributed by atoms with van der Waals surface area (Å²) in [5.41, 5.74) is 2.02. The van der Waals surface area contributed by atoms with Gasteiger partial charge in [-0.1, -0.05) is 65.7 Å². The number of para-hydroxylation sites is 1. The lowest BCUT2D eigenvalue weighted by Gasteiger charge is -2.13. The number of Topliss-reactive ketones (excluding diaryl/α,β-unsaturated/α-hetero) is 1. The maximum atomic E-state index is 13.4. The molecule has 0 unspecified atom stereocenters. The van der Waals surface area contributed by atoms with Crippen molar-refractivity contribution in [1.29, 1.82) is 0 Å². The van der Waals surface area contributed by atoms with Gasteiger partial charge in [-0.3, -0.25) is 14.4 Å².